The number of benzene rings is 1. The molecule has 0 radical (unpaired) electrons. The first kappa shape index (κ1) is 16.9. The predicted octanol–water partition coefficient (Wildman–Crippen LogP) is 0.0447. The third-order valence-corrected chi connectivity index (χ3v) is 4.06. The number of rotatable bonds is 7. The van der Waals surface area contributed by atoms with Crippen molar-refractivity contribution in [3.63, 3.8) is 0 Å². The maximum Gasteiger partial charge on any atom is 0.408 e. The summed E-state index contributed by atoms with van der Waals surface area (Å²) < 4.78 is 0. The lowest BCUT2D eigenvalue weighted by Gasteiger charge is -2.42. The number of aromatic nitrogens is 3. The molecule has 2 heterocycles. The Kier molecular flexibility index (Phi) is 4.94. The Balaban J connectivity index is 1.70. The molecule has 2 amide bonds. The highest BCUT2D eigenvalue weighted by atomic mass is 16.4. The van der Waals surface area contributed by atoms with E-state index in [-0.39, 0.29) is 18.5 Å². The maximum atomic E-state index is 12.0. The predicted molar refractivity (Wildman–Crippen MR) is 88.5 cm³/mol. The minimum Gasteiger partial charge on any atom is -0.465 e. The summed E-state index contributed by atoms with van der Waals surface area (Å²) in [6.45, 7) is 1.07. The smallest absolute Gasteiger partial charge is 0.408 e. The molecule has 1 aromatic heterocycles. The van der Waals surface area contributed by atoms with Gasteiger partial charge in [0.2, 0.25) is 5.91 Å². The van der Waals surface area contributed by atoms with Crippen LogP contribution in [0, 0.1) is 0 Å². The Morgan fingerprint density at radius 2 is 2.16 bits per heavy atom. The molecule has 0 spiro atoms. The van der Waals surface area contributed by atoms with E-state index in [1.807, 2.05) is 37.4 Å². The number of nitrogens with one attached hydrogen (secondary N) is 2. The van der Waals surface area contributed by atoms with Gasteiger partial charge >= 0.3 is 6.09 Å². The van der Waals surface area contributed by atoms with Gasteiger partial charge in [0.25, 0.3) is 0 Å². The third-order valence-electron chi connectivity index (χ3n) is 4.06. The van der Waals surface area contributed by atoms with Crippen molar-refractivity contribution in [2.24, 2.45) is 0 Å². The third kappa shape index (κ3) is 3.77. The van der Waals surface area contributed by atoms with Crippen LogP contribution in [0.1, 0.15) is 11.3 Å². The second kappa shape index (κ2) is 7.31. The molecule has 0 unspecified atom stereocenters. The van der Waals surface area contributed by atoms with E-state index in [4.69, 9.17) is 0 Å². The van der Waals surface area contributed by atoms with Crippen LogP contribution in [0.2, 0.25) is 0 Å². The van der Waals surface area contributed by atoms with Gasteiger partial charge in [0, 0.05) is 13.1 Å². The van der Waals surface area contributed by atoms with Crippen molar-refractivity contribution in [1.82, 2.24) is 30.5 Å². The molecule has 25 heavy (non-hydrogen) atoms. The van der Waals surface area contributed by atoms with Gasteiger partial charge in [0.1, 0.15) is 6.04 Å². The van der Waals surface area contributed by atoms with Gasteiger partial charge in [0.15, 0.2) is 0 Å². The molecule has 9 heteroatoms. The van der Waals surface area contributed by atoms with Crippen molar-refractivity contribution in [2.75, 3.05) is 7.05 Å². The van der Waals surface area contributed by atoms with Gasteiger partial charge in [-0.3, -0.25) is 9.69 Å². The van der Waals surface area contributed by atoms with E-state index in [1.54, 1.807) is 6.20 Å². The number of β-lactam (4-membered cyclic amide) rings is 1. The first-order valence-corrected chi connectivity index (χ1v) is 7.96. The van der Waals surface area contributed by atoms with Crippen LogP contribution in [-0.2, 0) is 24.4 Å². The van der Waals surface area contributed by atoms with Gasteiger partial charge in [-0.05, 0) is 12.6 Å². The number of hydrogen-bond acceptors (Lipinski definition) is 5. The number of nitrogens with zero attached hydrogens (tertiary/aromatic N) is 4. The topological polar surface area (TPSA) is 112 Å². The molecule has 3 N–H and O–H groups in total. The lowest BCUT2D eigenvalue weighted by molar-refractivity contribution is -0.137. The summed E-state index contributed by atoms with van der Waals surface area (Å²) in [5.74, 6) is -0.300. The van der Waals surface area contributed by atoms with Gasteiger partial charge in [-0.25, -0.2) is 4.79 Å². The Bertz CT molecular complexity index is 747. The highest BCUT2D eigenvalue weighted by Crippen LogP contribution is 2.19. The molecule has 132 valence electrons. The molecular weight excluding hydrogens is 324 g/mol. The fraction of sp³-hybridized carbons (Fsp3) is 0.375. The van der Waals surface area contributed by atoms with E-state index in [0.29, 0.717) is 13.1 Å². The molecule has 2 aromatic rings. The quantitative estimate of drug-likeness (QED) is 0.612. The second-order valence-electron chi connectivity index (χ2n) is 5.88. The molecule has 0 bridgehead atoms. The lowest BCUT2D eigenvalue weighted by atomic mass is 9.96. The standard InChI is InChI=1S/C16H20N6O3/c1-17-7-12-8-18-22(20-12)10-13-14(15(23)19-13)21(16(24)25)9-11-5-3-2-4-6-11/h2-6,8,13-14,17H,7,9-10H2,1H3,(H,19,23)(H,24,25)/t13-,14+/m1/s1. The van der Waals surface area contributed by atoms with Crippen LogP contribution in [0.3, 0.4) is 0 Å². The van der Waals surface area contributed by atoms with Crippen LogP contribution in [0.4, 0.5) is 4.79 Å². The largest absolute Gasteiger partial charge is 0.465 e. The fourth-order valence-corrected chi connectivity index (χ4v) is 2.86. The first-order valence-electron chi connectivity index (χ1n) is 7.96. The Hall–Kier alpha value is -2.94. The number of carboxylic acid groups (broad SMARTS) is 1. The van der Waals surface area contributed by atoms with E-state index in [1.165, 1.54) is 4.80 Å². The van der Waals surface area contributed by atoms with Gasteiger partial charge in [-0.1, -0.05) is 30.3 Å². The van der Waals surface area contributed by atoms with Gasteiger partial charge in [-0.15, -0.1) is 0 Å². The molecule has 1 aromatic carbocycles. The number of hydrogen-bond donors (Lipinski definition) is 3. The summed E-state index contributed by atoms with van der Waals surface area (Å²) in [7, 11) is 1.82. The minimum absolute atomic E-state index is 0.155. The first-order chi connectivity index (χ1) is 12.1. The summed E-state index contributed by atoms with van der Waals surface area (Å²) in [6, 6.07) is 8.09. The molecule has 1 fully saturated rings. The van der Waals surface area contributed by atoms with Gasteiger partial charge in [-0.2, -0.15) is 15.0 Å². The Morgan fingerprint density at radius 3 is 2.80 bits per heavy atom. The summed E-state index contributed by atoms with van der Waals surface area (Å²) in [5.41, 5.74) is 1.61. The zero-order chi connectivity index (χ0) is 17.8. The maximum absolute atomic E-state index is 12.0. The number of amides is 2. The molecular formula is C16H20N6O3. The highest BCUT2D eigenvalue weighted by Gasteiger charge is 2.46. The number of carbonyl (C=O) groups excluding carboxylic acids is 1. The lowest BCUT2D eigenvalue weighted by Crippen LogP contribution is -2.70. The molecule has 0 aliphatic carbocycles. The second-order valence-corrected chi connectivity index (χ2v) is 5.88. The SMILES string of the molecule is CNCc1cnn(C[C@H]2NC(=O)[C@H]2N(Cc2ccccc2)C(=O)O)n1. The van der Waals surface area contributed by atoms with E-state index >= 15 is 0 Å². The van der Waals surface area contributed by atoms with Crippen molar-refractivity contribution in [1.29, 1.82) is 0 Å². The number of carbonyl (C=O) groups is 2. The van der Waals surface area contributed by atoms with Crippen LogP contribution >= 0.6 is 0 Å². The molecule has 1 saturated heterocycles. The molecule has 2 atom stereocenters. The molecule has 0 saturated carbocycles. The van der Waals surface area contributed by atoms with Crippen LogP contribution in [0.15, 0.2) is 36.5 Å². The van der Waals surface area contributed by atoms with Crippen LogP contribution in [-0.4, -0.2) is 56.1 Å². The van der Waals surface area contributed by atoms with Crippen molar-refractivity contribution in [2.45, 2.75) is 31.7 Å². The monoisotopic (exact) mass is 344 g/mol. The van der Waals surface area contributed by atoms with Crippen LogP contribution in [0.5, 0.6) is 0 Å². The van der Waals surface area contributed by atoms with E-state index in [9.17, 15) is 14.7 Å². The summed E-state index contributed by atoms with van der Waals surface area (Å²) >= 11 is 0. The van der Waals surface area contributed by atoms with E-state index in [0.717, 1.165) is 16.2 Å². The van der Waals surface area contributed by atoms with E-state index in [2.05, 4.69) is 20.8 Å². The van der Waals surface area contributed by atoms with Crippen LogP contribution in [0.25, 0.3) is 0 Å². The zero-order valence-corrected chi connectivity index (χ0v) is 13.8. The van der Waals surface area contributed by atoms with Crippen molar-refractivity contribution in [3.05, 3.63) is 47.8 Å². The van der Waals surface area contributed by atoms with Crippen LogP contribution < -0.4 is 10.6 Å². The normalized spacial score (nSPS) is 19.2. The molecule has 9 nitrogen and oxygen atoms in total. The highest BCUT2D eigenvalue weighted by molar-refractivity contribution is 5.92. The van der Waals surface area contributed by atoms with Crippen molar-refractivity contribution >= 4 is 12.0 Å². The van der Waals surface area contributed by atoms with Gasteiger partial charge < -0.3 is 15.7 Å². The van der Waals surface area contributed by atoms with E-state index < -0.39 is 12.1 Å². The Morgan fingerprint density at radius 1 is 1.40 bits per heavy atom. The van der Waals surface area contributed by atoms with Crippen molar-refractivity contribution in [3.8, 4) is 0 Å². The minimum atomic E-state index is -1.13. The zero-order valence-electron chi connectivity index (χ0n) is 13.8. The average molecular weight is 344 g/mol. The summed E-state index contributed by atoms with van der Waals surface area (Å²) in [6.07, 6.45) is 0.517. The molecule has 1 aliphatic heterocycles. The summed E-state index contributed by atoms with van der Waals surface area (Å²) in [4.78, 5) is 26.3. The molecule has 3 rings (SSSR count). The average Bonchev–Trinajstić information content (AvgIpc) is 3.02. The summed E-state index contributed by atoms with van der Waals surface area (Å²) in [5, 5.41) is 23.7. The fourth-order valence-electron chi connectivity index (χ4n) is 2.86. The molecule has 1 aliphatic rings. The Labute approximate surface area is 144 Å². The van der Waals surface area contributed by atoms with Crippen molar-refractivity contribution < 1.29 is 14.7 Å². The van der Waals surface area contributed by atoms with Gasteiger partial charge in [0.05, 0.1) is 24.5 Å².